The SMILES string of the molecule is O=C(NCc1ccc(Cl)c(-c2nn(-c3ccc(Cl)c(C(F)(F)F)c3)c(=O)[nH]2)c1)C(F)(F)F. The molecule has 0 spiro atoms. The van der Waals surface area contributed by atoms with Gasteiger partial charge in [-0.25, -0.2) is 4.79 Å². The maximum absolute atomic E-state index is 13.1. The van der Waals surface area contributed by atoms with Gasteiger partial charge in [-0.1, -0.05) is 29.3 Å². The highest BCUT2D eigenvalue weighted by atomic mass is 35.5. The number of alkyl halides is 6. The number of H-pyrrole nitrogens is 1. The maximum atomic E-state index is 13.1. The van der Waals surface area contributed by atoms with Gasteiger partial charge in [0.1, 0.15) is 0 Å². The van der Waals surface area contributed by atoms with Crippen LogP contribution in [-0.2, 0) is 17.5 Å². The first-order valence-electron chi connectivity index (χ1n) is 8.47. The standard InChI is InChI=1S/C18H10Cl2F6N4O2/c19-12-3-1-8(7-27-15(31)18(24,25)26)5-10(12)14-28-16(32)30(29-14)9-2-4-13(20)11(6-9)17(21,22)23/h1-6H,7H2,(H,27,31)(H,28,29,32). The minimum absolute atomic E-state index is 0.0453. The minimum atomic E-state index is -5.06. The summed E-state index contributed by atoms with van der Waals surface area (Å²) in [5, 5.41) is 5.08. The summed E-state index contributed by atoms with van der Waals surface area (Å²) >= 11 is 11.6. The average Bonchev–Trinajstić information content (AvgIpc) is 3.07. The second kappa shape index (κ2) is 8.51. The zero-order valence-electron chi connectivity index (χ0n) is 15.4. The molecule has 1 heterocycles. The Labute approximate surface area is 184 Å². The van der Waals surface area contributed by atoms with E-state index in [1.165, 1.54) is 18.2 Å². The monoisotopic (exact) mass is 498 g/mol. The van der Waals surface area contributed by atoms with Crippen LogP contribution in [0.15, 0.2) is 41.2 Å². The van der Waals surface area contributed by atoms with E-state index in [4.69, 9.17) is 23.2 Å². The molecular formula is C18H10Cl2F6N4O2. The number of rotatable bonds is 4. The zero-order chi connectivity index (χ0) is 23.8. The summed E-state index contributed by atoms with van der Waals surface area (Å²) in [4.78, 5) is 25.6. The van der Waals surface area contributed by atoms with E-state index >= 15 is 0 Å². The number of amides is 1. The van der Waals surface area contributed by atoms with Gasteiger partial charge < -0.3 is 5.32 Å². The molecule has 32 heavy (non-hydrogen) atoms. The van der Waals surface area contributed by atoms with Gasteiger partial charge in [-0.3, -0.25) is 9.78 Å². The van der Waals surface area contributed by atoms with Crippen molar-refractivity contribution in [1.29, 1.82) is 0 Å². The minimum Gasteiger partial charge on any atom is -0.344 e. The van der Waals surface area contributed by atoms with Crippen molar-refractivity contribution in [3.63, 3.8) is 0 Å². The number of carbonyl (C=O) groups excluding carboxylic acids is 1. The molecule has 0 aliphatic rings. The van der Waals surface area contributed by atoms with E-state index < -0.39 is 41.1 Å². The molecule has 0 bridgehead atoms. The normalized spacial score (nSPS) is 12.1. The second-order valence-corrected chi connectivity index (χ2v) is 7.16. The second-order valence-electron chi connectivity index (χ2n) is 6.35. The van der Waals surface area contributed by atoms with Crippen molar-refractivity contribution in [1.82, 2.24) is 20.1 Å². The van der Waals surface area contributed by atoms with Gasteiger partial charge in [0.25, 0.3) is 0 Å². The Kier molecular flexibility index (Phi) is 6.29. The van der Waals surface area contributed by atoms with E-state index in [0.29, 0.717) is 10.7 Å². The molecule has 3 rings (SSSR count). The number of nitrogens with one attached hydrogen (secondary N) is 2. The third-order valence-corrected chi connectivity index (χ3v) is 4.77. The fraction of sp³-hybridized carbons (Fsp3) is 0.167. The predicted molar refractivity (Wildman–Crippen MR) is 103 cm³/mol. The lowest BCUT2D eigenvalue weighted by Crippen LogP contribution is -2.36. The summed E-state index contributed by atoms with van der Waals surface area (Å²) in [6.45, 7) is -0.500. The molecule has 0 aliphatic heterocycles. The van der Waals surface area contributed by atoms with Crippen LogP contribution in [0.3, 0.4) is 0 Å². The Balaban J connectivity index is 1.96. The molecule has 0 aliphatic carbocycles. The number of nitrogens with zero attached hydrogens (tertiary/aromatic N) is 2. The summed E-state index contributed by atoms with van der Waals surface area (Å²) in [5.74, 6) is -2.30. The predicted octanol–water partition coefficient (Wildman–Crippen LogP) is 4.73. The van der Waals surface area contributed by atoms with Crippen LogP contribution in [0.4, 0.5) is 26.3 Å². The quantitative estimate of drug-likeness (QED) is 0.510. The van der Waals surface area contributed by atoms with Crippen LogP contribution in [-0.4, -0.2) is 26.8 Å². The fourth-order valence-corrected chi connectivity index (χ4v) is 3.06. The van der Waals surface area contributed by atoms with Gasteiger partial charge in [0, 0.05) is 12.1 Å². The van der Waals surface area contributed by atoms with Gasteiger partial charge in [0.15, 0.2) is 5.82 Å². The highest BCUT2D eigenvalue weighted by molar-refractivity contribution is 6.33. The molecule has 1 amide bonds. The van der Waals surface area contributed by atoms with Crippen molar-refractivity contribution in [2.24, 2.45) is 0 Å². The van der Waals surface area contributed by atoms with E-state index in [1.54, 1.807) is 5.32 Å². The lowest BCUT2D eigenvalue weighted by atomic mass is 10.1. The molecule has 0 unspecified atom stereocenters. The summed E-state index contributed by atoms with van der Waals surface area (Å²) in [6.07, 6.45) is -9.83. The number of halogens is 8. The van der Waals surface area contributed by atoms with E-state index in [2.05, 4.69) is 10.1 Å². The van der Waals surface area contributed by atoms with Gasteiger partial charge >= 0.3 is 23.9 Å². The van der Waals surface area contributed by atoms with Crippen molar-refractivity contribution < 1.29 is 31.1 Å². The number of benzene rings is 2. The lowest BCUT2D eigenvalue weighted by Gasteiger charge is -2.10. The fourth-order valence-electron chi connectivity index (χ4n) is 2.63. The molecule has 1 aromatic heterocycles. The summed E-state index contributed by atoms with van der Waals surface area (Å²) in [5.41, 5.74) is -2.04. The number of aromatic amines is 1. The number of carbonyl (C=O) groups is 1. The van der Waals surface area contributed by atoms with Crippen LogP contribution < -0.4 is 11.0 Å². The summed E-state index contributed by atoms with van der Waals surface area (Å²) < 4.78 is 76.9. The van der Waals surface area contributed by atoms with Crippen molar-refractivity contribution in [3.8, 4) is 17.1 Å². The smallest absolute Gasteiger partial charge is 0.344 e. The van der Waals surface area contributed by atoms with Crippen molar-refractivity contribution in [2.45, 2.75) is 18.9 Å². The Morgan fingerprint density at radius 3 is 2.31 bits per heavy atom. The van der Waals surface area contributed by atoms with Gasteiger partial charge in [-0.05, 0) is 35.9 Å². The molecule has 2 aromatic carbocycles. The average molecular weight is 499 g/mol. The number of aromatic nitrogens is 3. The molecule has 0 saturated heterocycles. The molecule has 0 atom stereocenters. The first-order chi connectivity index (χ1) is 14.8. The van der Waals surface area contributed by atoms with E-state index in [0.717, 1.165) is 12.1 Å². The van der Waals surface area contributed by atoms with Crippen LogP contribution in [0, 0.1) is 0 Å². The van der Waals surface area contributed by atoms with Crippen molar-refractivity contribution in [2.75, 3.05) is 0 Å². The van der Waals surface area contributed by atoms with Crippen LogP contribution >= 0.6 is 23.2 Å². The van der Waals surface area contributed by atoms with Gasteiger partial charge in [-0.2, -0.15) is 31.0 Å². The highest BCUT2D eigenvalue weighted by Crippen LogP contribution is 2.35. The van der Waals surface area contributed by atoms with Crippen LogP contribution in [0.5, 0.6) is 0 Å². The maximum Gasteiger partial charge on any atom is 0.471 e. The topological polar surface area (TPSA) is 79.8 Å². The Bertz CT molecular complexity index is 1230. The van der Waals surface area contributed by atoms with Gasteiger partial charge in [0.2, 0.25) is 0 Å². The first kappa shape index (κ1) is 23.7. The zero-order valence-corrected chi connectivity index (χ0v) is 16.9. The van der Waals surface area contributed by atoms with E-state index in [1.807, 2.05) is 0 Å². The van der Waals surface area contributed by atoms with Gasteiger partial charge in [0.05, 0.1) is 21.3 Å². The van der Waals surface area contributed by atoms with Crippen LogP contribution in [0.2, 0.25) is 10.0 Å². The first-order valence-corrected chi connectivity index (χ1v) is 9.23. The number of hydrogen-bond acceptors (Lipinski definition) is 3. The lowest BCUT2D eigenvalue weighted by molar-refractivity contribution is -0.173. The molecule has 6 nitrogen and oxygen atoms in total. The van der Waals surface area contributed by atoms with Gasteiger partial charge in [-0.15, -0.1) is 5.10 Å². The molecule has 170 valence electrons. The molecular weight excluding hydrogens is 489 g/mol. The molecule has 3 aromatic rings. The van der Waals surface area contributed by atoms with Crippen LogP contribution in [0.25, 0.3) is 17.1 Å². The Hall–Kier alpha value is -2.99. The molecule has 14 heteroatoms. The molecule has 0 radical (unpaired) electrons. The Morgan fingerprint density at radius 1 is 1.03 bits per heavy atom. The summed E-state index contributed by atoms with van der Waals surface area (Å²) in [6, 6.07) is 6.65. The third kappa shape index (κ3) is 5.07. The van der Waals surface area contributed by atoms with Crippen LogP contribution in [0.1, 0.15) is 11.1 Å². The van der Waals surface area contributed by atoms with E-state index in [-0.39, 0.29) is 27.7 Å². The molecule has 0 fully saturated rings. The van der Waals surface area contributed by atoms with E-state index in [9.17, 15) is 35.9 Å². The third-order valence-electron chi connectivity index (χ3n) is 4.11. The molecule has 0 saturated carbocycles. The largest absolute Gasteiger partial charge is 0.471 e. The Morgan fingerprint density at radius 2 is 1.69 bits per heavy atom. The van der Waals surface area contributed by atoms with Crippen molar-refractivity contribution >= 4 is 29.1 Å². The molecule has 2 N–H and O–H groups in total. The summed E-state index contributed by atoms with van der Waals surface area (Å²) in [7, 11) is 0. The highest BCUT2D eigenvalue weighted by Gasteiger charge is 2.38. The number of hydrogen-bond donors (Lipinski definition) is 2. The van der Waals surface area contributed by atoms with Crippen molar-refractivity contribution in [3.05, 3.63) is 68.1 Å².